The molecule has 0 bridgehead atoms. The SMILES string of the molecule is COCC(=O)N[C@@H]1CCc2c(-c3cnc(-c4ccc(OC(C)C)c(C#N)c4)s3)cccc21. The Labute approximate surface area is 191 Å². The van der Waals surface area contributed by atoms with Crippen LogP contribution < -0.4 is 10.1 Å². The number of rotatable bonds is 7. The van der Waals surface area contributed by atoms with Crippen molar-refractivity contribution in [3.05, 3.63) is 59.3 Å². The summed E-state index contributed by atoms with van der Waals surface area (Å²) >= 11 is 1.60. The second kappa shape index (κ2) is 9.51. The van der Waals surface area contributed by atoms with E-state index in [-0.39, 0.29) is 24.7 Å². The van der Waals surface area contributed by atoms with Crippen LogP contribution in [0, 0.1) is 11.3 Å². The molecule has 1 N–H and O–H groups in total. The van der Waals surface area contributed by atoms with Crippen LogP contribution in [0.25, 0.3) is 21.0 Å². The highest BCUT2D eigenvalue weighted by Gasteiger charge is 2.26. The first-order valence-corrected chi connectivity index (χ1v) is 11.4. The molecule has 1 amide bonds. The Balaban J connectivity index is 1.61. The highest BCUT2D eigenvalue weighted by molar-refractivity contribution is 7.18. The zero-order chi connectivity index (χ0) is 22.7. The molecule has 1 atom stereocenters. The van der Waals surface area contributed by atoms with Gasteiger partial charge in [-0.25, -0.2) is 4.98 Å². The fraction of sp³-hybridized carbons (Fsp3) is 0.320. The lowest BCUT2D eigenvalue weighted by Crippen LogP contribution is -2.30. The third kappa shape index (κ3) is 4.52. The number of aromatic nitrogens is 1. The molecule has 1 heterocycles. The van der Waals surface area contributed by atoms with Gasteiger partial charge in [-0.3, -0.25) is 4.79 Å². The zero-order valence-corrected chi connectivity index (χ0v) is 19.2. The number of amides is 1. The van der Waals surface area contributed by atoms with Crippen LogP contribution in [-0.4, -0.2) is 30.7 Å². The average molecular weight is 448 g/mol. The minimum Gasteiger partial charge on any atom is -0.490 e. The van der Waals surface area contributed by atoms with Gasteiger partial charge in [-0.1, -0.05) is 18.2 Å². The molecular formula is C25H25N3O3S. The highest BCUT2D eigenvalue weighted by atomic mass is 32.1. The van der Waals surface area contributed by atoms with Crippen LogP contribution >= 0.6 is 11.3 Å². The number of ether oxygens (including phenoxy) is 2. The summed E-state index contributed by atoms with van der Waals surface area (Å²) in [6.45, 7) is 3.94. The number of methoxy groups -OCH3 is 1. The lowest BCUT2D eigenvalue weighted by molar-refractivity contribution is -0.125. The maximum atomic E-state index is 12.0. The molecule has 0 unspecified atom stereocenters. The molecule has 0 aliphatic heterocycles. The summed E-state index contributed by atoms with van der Waals surface area (Å²) in [5, 5.41) is 13.4. The molecular weight excluding hydrogens is 422 g/mol. The number of hydrogen-bond acceptors (Lipinski definition) is 6. The van der Waals surface area contributed by atoms with Gasteiger partial charge in [0.25, 0.3) is 0 Å². The third-order valence-corrected chi connectivity index (χ3v) is 6.44. The van der Waals surface area contributed by atoms with Crippen molar-refractivity contribution in [1.82, 2.24) is 10.3 Å². The van der Waals surface area contributed by atoms with Crippen molar-refractivity contribution >= 4 is 17.2 Å². The van der Waals surface area contributed by atoms with Crippen LogP contribution in [0.3, 0.4) is 0 Å². The number of fused-ring (bicyclic) bond motifs is 1. The Morgan fingerprint density at radius 1 is 1.34 bits per heavy atom. The lowest BCUT2D eigenvalue weighted by atomic mass is 10.0. The number of carbonyl (C=O) groups is 1. The maximum absolute atomic E-state index is 12.0. The van der Waals surface area contributed by atoms with Crippen molar-refractivity contribution in [3.63, 3.8) is 0 Å². The fourth-order valence-electron chi connectivity index (χ4n) is 4.04. The normalized spacial score (nSPS) is 14.8. The van der Waals surface area contributed by atoms with Crippen LogP contribution in [0.5, 0.6) is 5.75 Å². The van der Waals surface area contributed by atoms with Crippen LogP contribution in [0.4, 0.5) is 0 Å². The summed E-state index contributed by atoms with van der Waals surface area (Å²) in [5.74, 6) is 0.486. The van der Waals surface area contributed by atoms with E-state index in [1.54, 1.807) is 11.3 Å². The van der Waals surface area contributed by atoms with Gasteiger partial charge >= 0.3 is 0 Å². The summed E-state index contributed by atoms with van der Waals surface area (Å²) in [7, 11) is 1.52. The number of nitrogens with zero attached hydrogens (tertiary/aromatic N) is 2. The Kier molecular flexibility index (Phi) is 6.54. The van der Waals surface area contributed by atoms with Gasteiger partial charge in [0, 0.05) is 18.9 Å². The number of benzene rings is 2. The van der Waals surface area contributed by atoms with Crippen molar-refractivity contribution in [2.45, 2.75) is 38.8 Å². The predicted octanol–water partition coefficient (Wildman–Crippen LogP) is 4.89. The van der Waals surface area contributed by atoms with Crippen LogP contribution in [-0.2, 0) is 16.0 Å². The predicted molar refractivity (Wildman–Crippen MR) is 125 cm³/mol. The molecule has 6 nitrogen and oxygen atoms in total. The van der Waals surface area contributed by atoms with Crippen molar-refractivity contribution in [2.75, 3.05) is 13.7 Å². The lowest BCUT2D eigenvalue weighted by Gasteiger charge is -2.14. The molecule has 2 aromatic carbocycles. The zero-order valence-electron chi connectivity index (χ0n) is 18.3. The summed E-state index contributed by atoms with van der Waals surface area (Å²) in [4.78, 5) is 17.7. The molecule has 7 heteroatoms. The van der Waals surface area contributed by atoms with Gasteiger partial charge in [-0.2, -0.15) is 5.26 Å². The fourth-order valence-corrected chi connectivity index (χ4v) is 5.01. The number of carbonyl (C=O) groups excluding carboxylic acids is 1. The summed E-state index contributed by atoms with van der Waals surface area (Å²) in [5.41, 5.74) is 4.96. The Bertz CT molecular complexity index is 1180. The smallest absolute Gasteiger partial charge is 0.246 e. The van der Waals surface area contributed by atoms with Gasteiger partial charge in [0.2, 0.25) is 5.91 Å². The van der Waals surface area contributed by atoms with Gasteiger partial charge < -0.3 is 14.8 Å². The van der Waals surface area contributed by atoms with Crippen LogP contribution in [0.15, 0.2) is 42.6 Å². The van der Waals surface area contributed by atoms with E-state index in [0.29, 0.717) is 11.3 Å². The first kappa shape index (κ1) is 22.0. The molecule has 0 fully saturated rings. The molecule has 1 aliphatic rings. The maximum Gasteiger partial charge on any atom is 0.246 e. The summed E-state index contributed by atoms with van der Waals surface area (Å²) in [6, 6.07) is 14.1. The molecule has 0 spiro atoms. The third-order valence-electron chi connectivity index (χ3n) is 5.36. The van der Waals surface area contributed by atoms with Crippen LogP contribution in [0.2, 0.25) is 0 Å². The van der Waals surface area contributed by atoms with Crippen molar-refractivity contribution in [3.8, 4) is 32.8 Å². The summed E-state index contributed by atoms with van der Waals surface area (Å²) < 4.78 is 10.7. The number of hydrogen-bond donors (Lipinski definition) is 1. The molecule has 32 heavy (non-hydrogen) atoms. The topological polar surface area (TPSA) is 84.2 Å². The molecule has 1 aromatic heterocycles. The number of thiazole rings is 1. The van der Waals surface area contributed by atoms with Gasteiger partial charge in [-0.15, -0.1) is 11.3 Å². The van der Waals surface area contributed by atoms with E-state index in [4.69, 9.17) is 9.47 Å². The number of nitriles is 1. The molecule has 4 rings (SSSR count). The molecule has 0 radical (unpaired) electrons. The molecule has 0 saturated heterocycles. The van der Waals surface area contributed by atoms with Crippen molar-refractivity contribution in [1.29, 1.82) is 5.26 Å². The Morgan fingerprint density at radius 2 is 2.19 bits per heavy atom. The average Bonchev–Trinajstić information content (AvgIpc) is 3.41. The van der Waals surface area contributed by atoms with E-state index >= 15 is 0 Å². The monoisotopic (exact) mass is 447 g/mol. The second-order valence-electron chi connectivity index (χ2n) is 7.98. The molecule has 3 aromatic rings. The first-order chi connectivity index (χ1) is 15.5. The van der Waals surface area contributed by atoms with E-state index < -0.39 is 0 Å². The van der Waals surface area contributed by atoms with E-state index in [1.165, 1.54) is 12.7 Å². The quantitative estimate of drug-likeness (QED) is 0.558. The first-order valence-electron chi connectivity index (χ1n) is 10.6. The molecule has 1 aliphatic carbocycles. The van der Waals surface area contributed by atoms with E-state index in [1.807, 2.05) is 44.3 Å². The van der Waals surface area contributed by atoms with Crippen LogP contribution in [0.1, 0.15) is 43.0 Å². The van der Waals surface area contributed by atoms with E-state index in [9.17, 15) is 10.1 Å². The minimum absolute atomic E-state index is 0.00250. The van der Waals surface area contributed by atoms with E-state index in [2.05, 4.69) is 28.5 Å². The second-order valence-corrected chi connectivity index (χ2v) is 9.01. The Hall–Kier alpha value is -3.21. The minimum atomic E-state index is -0.103. The Morgan fingerprint density at radius 3 is 2.94 bits per heavy atom. The largest absolute Gasteiger partial charge is 0.490 e. The number of nitrogens with one attached hydrogen (secondary N) is 1. The van der Waals surface area contributed by atoms with Gasteiger partial charge in [0.05, 0.1) is 22.6 Å². The van der Waals surface area contributed by atoms with Crippen molar-refractivity contribution < 1.29 is 14.3 Å². The highest BCUT2D eigenvalue weighted by Crippen LogP contribution is 2.41. The molecule has 0 saturated carbocycles. The molecule has 164 valence electrons. The van der Waals surface area contributed by atoms with Gasteiger partial charge in [0.15, 0.2) is 0 Å². The van der Waals surface area contributed by atoms with Crippen molar-refractivity contribution in [2.24, 2.45) is 0 Å². The van der Waals surface area contributed by atoms with Gasteiger partial charge in [0.1, 0.15) is 23.4 Å². The summed E-state index contributed by atoms with van der Waals surface area (Å²) in [6.07, 6.45) is 3.66. The standard InChI is InChI=1S/C25H25N3O3S/c1-15(2)31-22-10-7-16(11-17(22)12-26)25-27-13-23(32-25)20-6-4-5-19-18(20)8-9-21(19)28-24(29)14-30-3/h4-7,10-11,13,15,21H,8-9,14H2,1-3H3,(H,28,29)/t21-/m1/s1. The van der Waals surface area contributed by atoms with Gasteiger partial charge in [-0.05, 0) is 61.6 Å². The van der Waals surface area contributed by atoms with E-state index in [0.717, 1.165) is 39.4 Å².